The van der Waals surface area contributed by atoms with Crippen molar-refractivity contribution in [2.24, 2.45) is 0 Å². The second kappa shape index (κ2) is 5.40. The maximum absolute atomic E-state index is 12.0. The summed E-state index contributed by atoms with van der Waals surface area (Å²) in [5, 5.41) is 3.33. The highest BCUT2D eigenvalue weighted by molar-refractivity contribution is 6.31. The number of fused-ring (bicyclic) bond motifs is 1. The summed E-state index contributed by atoms with van der Waals surface area (Å²) in [5.74, 6) is 0.0343. The van der Waals surface area contributed by atoms with Gasteiger partial charge in [0.2, 0.25) is 0 Å². The van der Waals surface area contributed by atoms with Crippen molar-refractivity contribution in [1.82, 2.24) is 5.32 Å². The number of amides is 2. The number of rotatable bonds is 2. The van der Waals surface area contributed by atoms with E-state index < -0.39 is 0 Å². The average molecular weight is 267 g/mol. The van der Waals surface area contributed by atoms with E-state index in [2.05, 4.69) is 5.32 Å². The van der Waals surface area contributed by atoms with Gasteiger partial charge in [-0.25, -0.2) is 4.79 Å². The van der Waals surface area contributed by atoms with Gasteiger partial charge in [-0.05, 0) is 24.6 Å². The molecule has 1 heterocycles. The first-order chi connectivity index (χ1) is 8.63. The Kier molecular flexibility index (Phi) is 3.87. The Morgan fingerprint density at radius 2 is 2.28 bits per heavy atom. The normalized spacial score (nSPS) is 14.3. The van der Waals surface area contributed by atoms with Crippen LogP contribution in [0.1, 0.15) is 30.1 Å². The van der Waals surface area contributed by atoms with E-state index in [1.54, 1.807) is 23.1 Å². The van der Waals surface area contributed by atoms with Gasteiger partial charge in [0.25, 0.3) is 0 Å². The van der Waals surface area contributed by atoms with Crippen molar-refractivity contribution in [2.45, 2.75) is 19.8 Å². The van der Waals surface area contributed by atoms with Gasteiger partial charge in [0.1, 0.15) is 0 Å². The zero-order valence-electron chi connectivity index (χ0n) is 10.2. The average Bonchev–Trinajstić information content (AvgIpc) is 2.37. The van der Waals surface area contributed by atoms with Crippen molar-refractivity contribution in [3.05, 3.63) is 28.8 Å². The molecule has 1 aliphatic rings. The number of anilines is 1. The summed E-state index contributed by atoms with van der Waals surface area (Å²) in [6, 6.07) is 4.88. The summed E-state index contributed by atoms with van der Waals surface area (Å²) in [4.78, 5) is 25.4. The molecule has 1 N–H and O–H groups in total. The number of Topliss-reactive ketones (excluding diaryl/α,β-unsaturated/α-hetero) is 1. The largest absolute Gasteiger partial charge is 0.338 e. The lowest BCUT2D eigenvalue weighted by atomic mass is 10.0. The zero-order chi connectivity index (χ0) is 13.1. The number of nitrogens with zero attached hydrogens (tertiary/aromatic N) is 1. The Balaban J connectivity index is 2.29. The van der Waals surface area contributed by atoms with Crippen LogP contribution in [-0.2, 0) is 0 Å². The van der Waals surface area contributed by atoms with E-state index in [0.29, 0.717) is 35.8 Å². The molecule has 96 valence electrons. The maximum Gasteiger partial charge on any atom is 0.321 e. The molecule has 0 fully saturated rings. The second-order valence-corrected chi connectivity index (χ2v) is 4.65. The van der Waals surface area contributed by atoms with Gasteiger partial charge < -0.3 is 5.32 Å². The molecule has 0 aromatic heterocycles. The van der Waals surface area contributed by atoms with E-state index in [4.69, 9.17) is 11.6 Å². The molecule has 2 rings (SSSR count). The number of carbonyl (C=O) groups is 2. The van der Waals surface area contributed by atoms with E-state index >= 15 is 0 Å². The Morgan fingerprint density at radius 3 is 3.00 bits per heavy atom. The molecule has 1 aliphatic heterocycles. The third-order valence-corrected chi connectivity index (χ3v) is 3.12. The number of halogens is 1. The molecule has 0 spiro atoms. The topological polar surface area (TPSA) is 49.4 Å². The monoisotopic (exact) mass is 266 g/mol. The van der Waals surface area contributed by atoms with Gasteiger partial charge in [0, 0.05) is 30.1 Å². The van der Waals surface area contributed by atoms with Gasteiger partial charge in [0.05, 0.1) is 5.69 Å². The highest BCUT2D eigenvalue weighted by Crippen LogP contribution is 2.29. The lowest BCUT2D eigenvalue weighted by Gasteiger charge is -2.28. The molecule has 0 bridgehead atoms. The van der Waals surface area contributed by atoms with Crippen molar-refractivity contribution in [2.75, 3.05) is 18.0 Å². The lowest BCUT2D eigenvalue weighted by Crippen LogP contribution is -2.44. The molecular formula is C13H15ClN2O2. The highest BCUT2D eigenvalue weighted by atomic mass is 35.5. The van der Waals surface area contributed by atoms with Crippen molar-refractivity contribution in [3.63, 3.8) is 0 Å². The molecule has 4 nitrogen and oxygen atoms in total. The second-order valence-electron chi connectivity index (χ2n) is 4.22. The summed E-state index contributed by atoms with van der Waals surface area (Å²) in [5.41, 5.74) is 1.17. The third-order valence-electron chi connectivity index (χ3n) is 2.88. The molecule has 1 aromatic rings. The Bertz CT molecular complexity index is 488. The number of nitrogens with one attached hydrogen (secondary N) is 1. The molecule has 0 saturated heterocycles. The number of ketones is 1. The van der Waals surface area contributed by atoms with Gasteiger partial charge >= 0.3 is 6.03 Å². The van der Waals surface area contributed by atoms with Crippen LogP contribution in [0.3, 0.4) is 0 Å². The van der Waals surface area contributed by atoms with E-state index in [1.807, 2.05) is 6.92 Å². The summed E-state index contributed by atoms with van der Waals surface area (Å²) in [7, 11) is 0. The van der Waals surface area contributed by atoms with Gasteiger partial charge in [-0.3, -0.25) is 9.69 Å². The number of urea groups is 1. The Morgan fingerprint density at radius 1 is 1.50 bits per heavy atom. The molecular weight excluding hydrogens is 252 g/mol. The number of hydrogen-bond donors (Lipinski definition) is 1. The fourth-order valence-corrected chi connectivity index (χ4v) is 2.15. The van der Waals surface area contributed by atoms with Crippen molar-refractivity contribution in [3.8, 4) is 0 Å². The van der Waals surface area contributed by atoms with Gasteiger partial charge in [-0.2, -0.15) is 0 Å². The van der Waals surface area contributed by atoms with Crippen LogP contribution in [0, 0.1) is 0 Å². The van der Waals surface area contributed by atoms with Crippen LogP contribution in [0.4, 0.5) is 10.5 Å². The van der Waals surface area contributed by atoms with E-state index in [1.165, 1.54) is 0 Å². The first kappa shape index (κ1) is 12.9. The number of benzene rings is 1. The summed E-state index contributed by atoms with van der Waals surface area (Å²) >= 11 is 5.88. The van der Waals surface area contributed by atoms with Gasteiger partial charge in [0.15, 0.2) is 5.78 Å². The molecule has 0 unspecified atom stereocenters. The smallest absolute Gasteiger partial charge is 0.321 e. The van der Waals surface area contributed by atoms with Crippen LogP contribution in [0.15, 0.2) is 18.2 Å². The third kappa shape index (κ3) is 2.48. The Hall–Kier alpha value is -1.55. The minimum absolute atomic E-state index is 0.0343. The Labute approximate surface area is 111 Å². The molecule has 1 aromatic carbocycles. The molecule has 0 atom stereocenters. The SMILES string of the molecule is CCCNC(=O)N1CCC(=O)c2cc(Cl)ccc21. The molecule has 0 radical (unpaired) electrons. The van der Waals surface area contributed by atoms with Gasteiger partial charge in [-0.15, -0.1) is 0 Å². The molecule has 2 amide bonds. The molecule has 18 heavy (non-hydrogen) atoms. The van der Waals surface area contributed by atoms with Crippen molar-refractivity contribution >= 4 is 29.1 Å². The number of hydrogen-bond acceptors (Lipinski definition) is 2. The predicted molar refractivity (Wildman–Crippen MR) is 71.4 cm³/mol. The summed E-state index contributed by atoms with van der Waals surface area (Å²) in [6.07, 6.45) is 1.22. The van der Waals surface area contributed by atoms with Crippen LogP contribution in [0.2, 0.25) is 5.02 Å². The minimum Gasteiger partial charge on any atom is -0.338 e. The summed E-state index contributed by atoms with van der Waals surface area (Å²) in [6.45, 7) is 3.04. The fourth-order valence-electron chi connectivity index (χ4n) is 1.97. The molecule has 0 aliphatic carbocycles. The molecule has 0 saturated carbocycles. The first-order valence-corrected chi connectivity index (χ1v) is 6.39. The van der Waals surface area contributed by atoms with E-state index in [-0.39, 0.29) is 11.8 Å². The molecule has 5 heteroatoms. The van der Waals surface area contributed by atoms with Crippen LogP contribution in [0.5, 0.6) is 0 Å². The van der Waals surface area contributed by atoms with Crippen LogP contribution in [0.25, 0.3) is 0 Å². The maximum atomic E-state index is 12.0. The van der Waals surface area contributed by atoms with Crippen molar-refractivity contribution in [1.29, 1.82) is 0 Å². The van der Waals surface area contributed by atoms with Crippen LogP contribution >= 0.6 is 11.6 Å². The number of carbonyl (C=O) groups excluding carboxylic acids is 2. The van der Waals surface area contributed by atoms with Gasteiger partial charge in [-0.1, -0.05) is 18.5 Å². The van der Waals surface area contributed by atoms with Crippen LogP contribution < -0.4 is 10.2 Å². The highest BCUT2D eigenvalue weighted by Gasteiger charge is 2.27. The van der Waals surface area contributed by atoms with E-state index in [9.17, 15) is 9.59 Å². The minimum atomic E-state index is -0.159. The van der Waals surface area contributed by atoms with Crippen molar-refractivity contribution < 1.29 is 9.59 Å². The summed E-state index contributed by atoms with van der Waals surface area (Å²) < 4.78 is 0. The first-order valence-electron chi connectivity index (χ1n) is 6.01. The zero-order valence-corrected chi connectivity index (χ0v) is 11.0. The standard InChI is InChI=1S/C13H15ClN2O2/c1-2-6-15-13(18)16-7-5-12(17)10-8-9(14)3-4-11(10)16/h3-4,8H,2,5-7H2,1H3,(H,15,18). The lowest BCUT2D eigenvalue weighted by molar-refractivity contribution is 0.0981. The predicted octanol–water partition coefficient (Wildman–Crippen LogP) is 2.85. The van der Waals surface area contributed by atoms with Crippen LogP contribution in [-0.4, -0.2) is 24.9 Å². The quantitative estimate of drug-likeness (QED) is 0.895. The fraction of sp³-hybridized carbons (Fsp3) is 0.385. The van der Waals surface area contributed by atoms with E-state index in [0.717, 1.165) is 6.42 Å².